The van der Waals surface area contributed by atoms with Gasteiger partial charge >= 0.3 is 0 Å². The number of nitrogens with one attached hydrogen (secondary N) is 1. The van der Waals surface area contributed by atoms with Crippen LogP contribution in [0.5, 0.6) is 0 Å². The summed E-state index contributed by atoms with van der Waals surface area (Å²) in [6.07, 6.45) is 2.39. The van der Waals surface area contributed by atoms with E-state index < -0.39 is 0 Å². The van der Waals surface area contributed by atoms with Gasteiger partial charge in [0.2, 0.25) is 5.91 Å². The summed E-state index contributed by atoms with van der Waals surface area (Å²) in [5.74, 6) is 0.0193. The molecule has 4 nitrogen and oxygen atoms in total. The Hall–Kier alpha value is -1.43. The van der Waals surface area contributed by atoms with E-state index in [1.165, 1.54) is 11.3 Å². The minimum atomic E-state index is 0.0193. The average Bonchev–Trinajstić information content (AvgIpc) is 2.95. The van der Waals surface area contributed by atoms with Gasteiger partial charge in [-0.3, -0.25) is 4.79 Å². The second-order valence-corrected chi connectivity index (χ2v) is 6.93. The largest absolute Gasteiger partial charge is 0.356 e. The van der Waals surface area contributed by atoms with Gasteiger partial charge in [-0.2, -0.15) is 0 Å². The highest BCUT2D eigenvalue weighted by atomic mass is 35.5. The number of thiazole rings is 1. The summed E-state index contributed by atoms with van der Waals surface area (Å²) in [4.78, 5) is 18.6. The Morgan fingerprint density at radius 1 is 1.30 bits per heavy atom. The van der Waals surface area contributed by atoms with Gasteiger partial charge in [-0.15, -0.1) is 11.3 Å². The molecule has 0 aliphatic carbocycles. The van der Waals surface area contributed by atoms with Crippen LogP contribution in [0.2, 0.25) is 5.02 Å². The fraction of sp³-hybridized carbons (Fsp3) is 0.412. The highest BCUT2D eigenvalue weighted by molar-refractivity contribution is 7.13. The Balaban J connectivity index is 1.80. The minimum Gasteiger partial charge on any atom is -0.356 e. The highest BCUT2D eigenvalue weighted by Crippen LogP contribution is 2.30. The molecule has 1 N–H and O–H groups in total. The number of benzene rings is 1. The summed E-state index contributed by atoms with van der Waals surface area (Å²) in [5, 5.41) is 6.40. The van der Waals surface area contributed by atoms with E-state index in [-0.39, 0.29) is 5.91 Å². The number of halogens is 1. The summed E-state index contributed by atoms with van der Waals surface area (Å²) in [6.45, 7) is 1.76. The predicted octanol–water partition coefficient (Wildman–Crippen LogP) is 3.46. The lowest BCUT2D eigenvalue weighted by Gasteiger charge is -2.09. The van der Waals surface area contributed by atoms with Crippen molar-refractivity contribution in [3.63, 3.8) is 0 Å². The van der Waals surface area contributed by atoms with Crippen LogP contribution in [0.1, 0.15) is 18.5 Å². The van der Waals surface area contributed by atoms with E-state index in [4.69, 9.17) is 11.6 Å². The Morgan fingerprint density at radius 3 is 2.83 bits per heavy atom. The molecule has 124 valence electrons. The molecule has 0 aliphatic rings. The van der Waals surface area contributed by atoms with Crippen LogP contribution < -0.4 is 5.32 Å². The van der Waals surface area contributed by atoms with Crippen LogP contribution >= 0.6 is 22.9 Å². The molecule has 1 aromatic heterocycles. The van der Waals surface area contributed by atoms with Gasteiger partial charge < -0.3 is 10.2 Å². The van der Waals surface area contributed by atoms with Crippen molar-refractivity contribution in [2.45, 2.75) is 19.3 Å². The van der Waals surface area contributed by atoms with Gasteiger partial charge in [0.25, 0.3) is 0 Å². The smallest absolute Gasteiger partial charge is 0.226 e. The van der Waals surface area contributed by atoms with Gasteiger partial charge in [-0.05, 0) is 39.5 Å². The molecule has 0 saturated carbocycles. The highest BCUT2D eigenvalue weighted by Gasteiger charge is 2.10. The molecule has 0 fully saturated rings. The number of carbonyl (C=O) groups is 1. The molecule has 1 aromatic carbocycles. The van der Waals surface area contributed by atoms with Gasteiger partial charge in [0.15, 0.2) is 0 Å². The van der Waals surface area contributed by atoms with Crippen molar-refractivity contribution in [3.8, 4) is 10.6 Å². The van der Waals surface area contributed by atoms with Crippen LogP contribution in [0, 0.1) is 0 Å². The van der Waals surface area contributed by atoms with Crippen LogP contribution in [0.4, 0.5) is 0 Å². The third-order valence-corrected chi connectivity index (χ3v) is 4.61. The number of unbranched alkanes of at least 4 members (excludes halogenated alkanes) is 1. The SMILES string of the molecule is CN(C)CCCCNC(=O)Cc1csc(-c2ccccc2Cl)n1. The van der Waals surface area contributed by atoms with Gasteiger partial charge in [0.1, 0.15) is 5.01 Å². The number of carbonyl (C=O) groups excluding carboxylic acids is 1. The monoisotopic (exact) mass is 351 g/mol. The molecule has 23 heavy (non-hydrogen) atoms. The van der Waals surface area contributed by atoms with Crippen LogP contribution in [0.3, 0.4) is 0 Å². The van der Waals surface area contributed by atoms with Crippen molar-refractivity contribution < 1.29 is 4.79 Å². The first-order chi connectivity index (χ1) is 11.1. The summed E-state index contributed by atoms with van der Waals surface area (Å²) >= 11 is 7.69. The fourth-order valence-electron chi connectivity index (χ4n) is 2.15. The molecule has 0 unspecified atom stereocenters. The van der Waals surface area contributed by atoms with Crippen LogP contribution in [0.15, 0.2) is 29.6 Å². The second kappa shape index (κ2) is 9.01. The lowest BCUT2D eigenvalue weighted by Crippen LogP contribution is -2.26. The summed E-state index contributed by atoms with van der Waals surface area (Å²) in [7, 11) is 4.11. The molecular formula is C17H22ClN3OS. The molecule has 6 heteroatoms. The van der Waals surface area contributed by atoms with Gasteiger partial charge in [0.05, 0.1) is 17.1 Å². The van der Waals surface area contributed by atoms with E-state index >= 15 is 0 Å². The fourth-order valence-corrected chi connectivity index (χ4v) is 3.29. The van der Waals surface area contributed by atoms with Gasteiger partial charge in [-0.25, -0.2) is 4.98 Å². The Kier molecular flexibility index (Phi) is 7.02. The Labute approximate surface area is 146 Å². The minimum absolute atomic E-state index is 0.0193. The van der Waals surface area contributed by atoms with Gasteiger partial charge in [-0.1, -0.05) is 29.8 Å². The zero-order valence-corrected chi connectivity index (χ0v) is 15.1. The van der Waals surface area contributed by atoms with Crippen molar-refractivity contribution in [1.29, 1.82) is 0 Å². The van der Waals surface area contributed by atoms with Crippen molar-refractivity contribution in [2.24, 2.45) is 0 Å². The third-order valence-electron chi connectivity index (χ3n) is 3.35. The Morgan fingerprint density at radius 2 is 2.09 bits per heavy atom. The topological polar surface area (TPSA) is 45.2 Å². The molecule has 0 spiro atoms. The molecule has 2 rings (SSSR count). The molecule has 0 bridgehead atoms. The van der Waals surface area contributed by atoms with Crippen LogP contribution in [-0.4, -0.2) is 43.0 Å². The second-order valence-electron chi connectivity index (χ2n) is 5.66. The molecule has 2 aromatic rings. The first-order valence-corrected chi connectivity index (χ1v) is 8.93. The van der Waals surface area contributed by atoms with E-state index in [9.17, 15) is 4.79 Å². The lowest BCUT2D eigenvalue weighted by molar-refractivity contribution is -0.120. The maximum Gasteiger partial charge on any atom is 0.226 e. The van der Waals surface area contributed by atoms with E-state index in [0.717, 1.165) is 35.7 Å². The third kappa shape index (κ3) is 5.94. The van der Waals surface area contributed by atoms with Crippen molar-refractivity contribution >= 4 is 28.8 Å². The normalized spacial score (nSPS) is 11.0. The van der Waals surface area contributed by atoms with Gasteiger partial charge in [0, 0.05) is 17.5 Å². The maximum atomic E-state index is 11.9. The number of nitrogens with zero attached hydrogens (tertiary/aromatic N) is 2. The van der Waals surface area contributed by atoms with E-state index in [0.29, 0.717) is 18.0 Å². The van der Waals surface area contributed by atoms with Crippen molar-refractivity contribution in [2.75, 3.05) is 27.2 Å². The summed E-state index contributed by atoms with van der Waals surface area (Å²) in [5.41, 5.74) is 1.70. The van der Waals surface area contributed by atoms with E-state index in [1.54, 1.807) is 0 Å². The predicted molar refractivity (Wildman–Crippen MR) is 97.1 cm³/mol. The quantitative estimate of drug-likeness (QED) is 0.741. The summed E-state index contributed by atoms with van der Waals surface area (Å²) in [6, 6.07) is 7.61. The molecule has 1 amide bonds. The number of hydrogen-bond acceptors (Lipinski definition) is 4. The maximum absolute atomic E-state index is 11.9. The molecule has 0 saturated heterocycles. The van der Waals surface area contributed by atoms with Crippen molar-refractivity contribution in [3.05, 3.63) is 40.4 Å². The Bertz CT molecular complexity index is 642. The zero-order chi connectivity index (χ0) is 16.7. The first kappa shape index (κ1) is 17.9. The molecule has 0 aliphatic heterocycles. The number of rotatable bonds is 8. The van der Waals surface area contributed by atoms with E-state index in [1.807, 2.05) is 29.6 Å². The number of amides is 1. The molecule has 1 heterocycles. The lowest BCUT2D eigenvalue weighted by atomic mass is 10.2. The zero-order valence-electron chi connectivity index (χ0n) is 13.5. The average molecular weight is 352 g/mol. The molecular weight excluding hydrogens is 330 g/mol. The van der Waals surface area contributed by atoms with Crippen molar-refractivity contribution in [1.82, 2.24) is 15.2 Å². The van der Waals surface area contributed by atoms with E-state index in [2.05, 4.69) is 29.3 Å². The molecule has 0 atom stereocenters. The molecule has 0 radical (unpaired) electrons. The first-order valence-electron chi connectivity index (χ1n) is 7.67. The standard InChI is InChI=1S/C17H22ClN3OS/c1-21(2)10-6-5-9-19-16(22)11-13-12-23-17(20-13)14-7-3-4-8-15(14)18/h3-4,7-8,12H,5-6,9-11H2,1-2H3,(H,19,22). The summed E-state index contributed by atoms with van der Waals surface area (Å²) < 4.78 is 0. The number of aromatic nitrogens is 1. The number of hydrogen-bond donors (Lipinski definition) is 1. The van der Waals surface area contributed by atoms with Crippen LogP contribution in [0.25, 0.3) is 10.6 Å². The van der Waals surface area contributed by atoms with Crippen LogP contribution in [-0.2, 0) is 11.2 Å².